The Kier molecular flexibility index (Phi) is 9.51. The molecular weight excluding hydrogens is 262 g/mol. The first-order chi connectivity index (χ1) is 10.2. The molecule has 3 heteroatoms. The number of hydrogen-bond acceptors (Lipinski definition) is 2. The number of benzene rings is 1. The molecule has 0 spiro atoms. The predicted molar refractivity (Wildman–Crippen MR) is 90.0 cm³/mol. The maximum atomic E-state index is 11.4. The molecule has 1 heterocycles. The van der Waals surface area contributed by atoms with Crippen molar-refractivity contribution in [3.05, 3.63) is 29.3 Å². The van der Waals surface area contributed by atoms with Crippen LogP contribution in [0.25, 0.3) is 0 Å². The zero-order valence-corrected chi connectivity index (χ0v) is 14.7. The number of methoxy groups -OCH3 is 1. The van der Waals surface area contributed by atoms with E-state index in [1.165, 1.54) is 5.56 Å². The maximum Gasteiger partial charge on any atom is 0.222 e. The molecule has 1 aliphatic rings. The van der Waals surface area contributed by atoms with E-state index < -0.39 is 0 Å². The summed E-state index contributed by atoms with van der Waals surface area (Å²) in [6.07, 6.45) is 0.601. The highest BCUT2D eigenvalue weighted by molar-refractivity contribution is 5.77. The summed E-state index contributed by atoms with van der Waals surface area (Å²) in [5, 5.41) is 0. The number of aryl methyl sites for hydroxylation is 1. The van der Waals surface area contributed by atoms with Crippen LogP contribution in [0.15, 0.2) is 18.2 Å². The third-order valence-electron chi connectivity index (χ3n) is 3.44. The summed E-state index contributed by atoms with van der Waals surface area (Å²) < 4.78 is 5.32. The Hall–Kier alpha value is -1.51. The molecule has 0 N–H and O–H groups in total. The first-order valence-electron chi connectivity index (χ1n) is 8.08. The summed E-state index contributed by atoms with van der Waals surface area (Å²) in [7, 11) is 1.69. The van der Waals surface area contributed by atoms with Crippen molar-refractivity contribution < 1.29 is 9.53 Å². The number of rotatable bonds is 3. The SMILES string of the molecule is CC.CC.CCC(=O)N1CC(c2ccc(C)c(OC)c2)C1. The van der Waals surface area contributed by atoms with Crippen molar-refractivity contribution in [2.45, 2.75) is 53.9 Å². The number of nitrogens with zero attached hydrogens (tertiary/aromatic N) is 1. The highest BCUT2D eigenvalue weighted by atomic mass is 16.5. The largest absolute Gasteiger partial charge is 0.496 e. The van der Waals surface area contributed by atoms with Gasteiger partial charge in [0, 0.05) is 25.4 Å². The van der Waals surface area contributed by atoms with E-state index >= 15 is 0 Å². The van der Waals surface area contributed by atoms with Gasteiger partial charge < -0.3 is 9.64 Å². The van der Waals surface area contributed by atoms with Gasteiger partial charge in [-0.1, -0.05) is 46.8 Å². The van der Waals surface area contributed by atoms with Crippen LogP contribution in [0.5, 0.6) is 5.75 Å². The zero-order valence-electron chi connectivity index (χ0n) is 14.7. The van der Waals surface area contributed by atoms with Crippen LogP contribution in [0.1, 0.15) is 58.1 Å². The Bertz CT molecular complexity index is 423. The Labute approximate surface area is 130 Å². The topological polar surface area (TPSA) is 29.5 Å². The van der Waals surface area contributed by atoms with Crippen LogP contribution in [0.4, 0.5) is 0 Å². The number of ether oxygens (including phenoxy) is 1. The molecule has 0 aromatic heterocycles. The van der Waals surface area contributed by atoms with Crippen LogP contribution in [0.2, 0.25) is 0 Å². The third kappa shape index (κ3) is 5.07. The summed E-state index contributed by atoms with van der Waals surface area (Å²) in [6, 6.07) is 6.31. The van der Waals surface area contributed by atoms with Crippen LogP contribution in [0, 0.1) is 6.92 Å². The fourth-order valence-corrected chi connectivity index (χ4v) is 2.21. The molecule has 21 heavy (non-hydrogen) atoms. The van der Waals surface area contributed by atoms with E-state index in [9.17, 15) is 4.79 Å². The van der Waals surface area contributed by atoms with Gasteiger partial charge in [-0.2, -0.15) is 0 Å². The van der Waals surface area contributed by atoms with Gasteiger partial charge in [-0.25, -0.2) is 0 Å². The van der Waals surface area contributed by atoms with E-state index in [1.807, 2.05) is 46.4 Å². The molecule has 3 nitrogen and oxygen atoms in total. The van der Waals surface area contributed by atoms with Gasteiger partial charge in [0.25, 0.3) is 0 Å². The van der Waals surface area contributed by atoms with Crippen molar-refractivity contribution in [3.63, 3.8) is 0 Å². The lowest BCUT2D eigenvalue weighted by Crippen LogP contribution is -2.48. The molecule has 0 atom stereocenters. The summed E-state index contributed by atoms with van der Waals surface area (Å²) in [5.74, 6) is 1.66. The summed E-state index contributed by atoms with van der Waals surface area (Å²) in [5.41, 5.74) is 2.42. The molecule has 1 fully saturated rings. The first kappa shape index (κ1) is 19.5. The number of carbonyl (C=O) groups is 1. The fourth-order valence-electron chi connectivity index (χ4n) is 2.21. The molecular formula is C18H31NO2. The minimum atomic E-state index is 0.250. The van der Waals surface area contributed by atoms with Crippen molar-refractivity contribution in [2.75, 3.05) is 20.2 Å². The molecule has 0 aliphatic carbocycles. The van der Waals surface area contributed by atoms with Crippen molar-refractivity contribution >= 4 is 5.91 Å². The molecule has 0 unspecified atom stereocenters. The lowest BCUT2D eigenvalue weighted by molar-refractivity contribution is -0.135. The number of carbonyl (C=O) groups excluding carboxylic acids is 1. The molecule has 1 amide bonds. The average molecular weight is 293 g/mol. The van der Waals surface area contributed by atoms with Gasteiger partial charge in [0.15, 0.2) is 0 Å². The molecule has 1 aromatic carbocycles. The molecule has 1 aromatic rings. The number of hydrogen-bond donors (Lipinski definition) is 0. The van der Waals surface area contributed by atoms with Gasteiger partial charge >= 0.3 is 0 Å². The molecule has 0 saturated carbocycles. The van der Waals surface area contributed by atoms with Gasteiger partial charge in [-0.15, -0.1) is 0 Å². The number of likely N-dealkylation sites (tertiary alicyclic amines) is 1. The van der Waals surface area contributed by atoms with Gasteiger partial charge in [-0.05, 0) is 24.1 Å². The third-order valence-corrected chi connectivity index (χ3v) is 3.44. The fraction of sp³-hybridized carbons (Fsp3) is 0.611. The Balaban J connectivity index is 0.000000921. The van der Waals surface area contributed by atoms with Crippen LogP contribution in [-0.2, 0) is 4.79 Å². The highest BCUT2D eigenvalue weighted by Gasteiger charge is 2.30. The minimum absolute atomic E-state index is 0.250. The Morgan fingerprint density at radius 2 is 1.81 bits per heavy atom. The Morgan fingerprint density at radius 3 is 2.29 bits per heavy atom. The second-order valence-corrected chi connectivity index (χ2v) is 4.58. The predicted octanol–water partition coefficient (Wildman–Crippen LogP) is 4.39. The van der Waals surface area contributed by atoms with Gasteiger partial charge in [0.1, 0.15) is 5.75 Å². The van der Waals surface area contributed by atoms with E-state index in [4.69, 9.17) is 4.74 Å². The van der Waals surface area contributed by atoms with Gasteiger partial charge in [-0.3, -0.25) is 4.79 Å². The standard InChI is InChI=1S/C14H19NO2.2C2H6/c1-4-14(16)15-8-12(9-15)11-6-5-10(2)13(7-11)17-3;2*1-2/h5-7,12H,4,8-9H2,1-3H3;2*1-2H3. The maximum absolute atomic E-state index is 11.4. The minimum Gasteiger partial charge on any atom is -0.496 e. The van der Waals surface area contributed by atoms with Gasteiger partial charge in [0.05, 0.1) is 7.11 Å². The zero-order chi connectivity index (χ0) is 16.4. The van der Waals surface area contributed by atoms with Crippen LogP contribution >= 0.6 is 0 Å². The van der Waals surface area contributed by atoms with Crippen molar-refractivity contribution in [1.29, 1.82) is 0 Å². The lowest BCUT2D eigenvalue weighted by atomic mass is 9.90. The van der Waals surface area contributed by atoms with Crippen LogP contribution < -0.4 is 4.74 Å². The summed E-state index contributed by atoms with van der Waals surface area (Å²) in [4.78, 5) is 13.4. The van der Waals surface area contributed by atoms with Crippen LogP contribution in [0.3, 0.4) is 0 Å². The van der Waals surface area contributed by atoms with E-state index in [-0.39, 0.29) is 5.91 Å². The summed E-state index contributed by atoms with van der Waals surface area (Å²) in [6.45, 7) is 13.6. The molecule has 1 aliphatic heterocycles. The van der Waals surface area contributed by atoms with E-state index in [0.29, 0.717) is 12.3 Å². The van der Waals surface area contributed by atoms with E-state index in [0.717, 1.165) is 24.4 Å². The number of amides is 1. The molecule has 1 saturated heterocycles. The molecule has 2 rings (SSSR count). The Morgan fingerprint density at radius 1 is 1.24 bits per heavy atom. The van der Waals surface area contributed by atoms with Crippen LogP contribution in [-0.4, -0.2) is 31.0 Å². The van der Waals surface area contributed by atoms with Gasteiger partial charge in [0.2, 0.25) is 5.91 Å². The summed E-state index contributed by atoms with van der Waals surface area (Å²) >= 11 is 0. The monoisotopic (exact) mass is 293 g/mol. The molecule has 120 valence electrons. The van der Waals surface area contributed by atoms with Crippen molar-refractivity contribution in [2.24, 2.45) is 0 Å². The van der Waals surface area contributed by atoms with E-state index in [1.54, 1.807) is 7.11 Å². The average Bonchev–Trinajstić information content (AvgIpc) is 2.51. The normalized spacial score (nSPS) is 13.2. The quantitative estimate of drug-likeness (QED) is 0.827. The highest BCUT2D eigenvalue weighted by Crippen LogP contribution is 2.30. The van der Waals surface area contributed by atoms with Crippen molar-refractivity contribution in [3.8, 4) is 5.75 Å². The lowest BCUT2D eigenvalue weighted by Gasteiger charge is -2.39. The smallest absolute Gasteiger partial charge is 0.222 e. The second-order valence-electron chi connectivity index (χ2n) is 4.58. The first-order valence-corrected chi connectivity index (χ1v) is 8.08. The molecule has 0 bridgehead atoms. The van der Waals surface area contributed by atoms with Crippen molar-refractivity contribution in [1.82, 2.24) is 4.90 Å². The molecule has 0 radical (unpaired) electrons. The second kappa shape index (κ2) is 10.3. The van der Waals surface area contributed by atoms with E-state index in [2.05, 4.69) is 18.2 Å².